The van der Waals surface area contributed by atoms with Crippen LogP contribution in [0.25, 0.3) is 0 Å². The number of hydrogen-bond donors (Lipinski definition) is 1. The molecule has 2 aromatic rings. The van der Waals surface area contributed by atoms with E-state index in [9.17, 15) is 19.3 Å². The molecule has 1 N–H and O–H groups in total. The predicted molar refractivity (Wildman–Crippen MR) is 85.2 cm³/mol. The van der Waals surface area contributed by atoms with E-state index in [0.29, 0.717) is 0 Å². The van der Waals surface area contributed by atoms with Crippen LogP contribution in [0.5, 0.6) is 0 Å². The molecule has 1 amide bonds. The zero-order chi connectivity index (χ0) is 15.6. The Morgan fingerprint density at radius 3 is 2.67 bits per heavy atom. The van der Waals surface area contributed by atoms with Gasteiger partial charge < -0.3 is 5.32 Å². The highest BCUT2D eigenvalue weighted by atomic mass is 127. The molecule has 0 unspecified atom stereocenters. The van der Waals surface area contributed by atoms with E-state index in [0.717, 1.165) is 15.7 Å². The van der Waals surface area contributed by atoms with Gasteiger partial charge in [-0.05, 0) is 52.9 Å². The lowest BCUT2D eigenvalue weighted by Gasteiger charge is -2.07. The van der Waals surface area contributed by atoms with Crippen LogP contribution in [0.2, 0.25) is 5.02 Å². The Labute approximate surface area is 137 Å². The lowest BCUT2D eigenvalue weighted by Crippen LogP contribution is -2.13. The third kappa shape index (κ3) is 3.67. The topological polar surface area (TPSA) is 72.2 Å². The summed E-state index contributed by atoms with van der Waals surface area (Å²) in [4.78, 5) is 21.9. The molecule has 0 bridgehead atoms. The highest BCUT2D eigenvalue weighted by molar-refractivity contribution is 14.1. The first-order valence-electron chi connectivity index (χ1n) is 5.59. The number of nitrogens with zero attached hydrogens (tertiary/aromatic N) is 1. The van der Waals surface area contributed by atoms with Crippen molar-refractivity contribution >= 4 is 51.5 Å². The number of nitro benzene ring substituents is 1. The largest absolute Gasteiger partial charge is 0.322 e. The van der Waals surface area contributed by atoms with Gasteiger partial charge in [-0.25, -0.2) is 0 Å². The summed E-state index contributed by atoms with van der Waals surface area (Å²) in [5.74, 6) is -1.50. The molecule has 0 atom stereocenters. The second-order valence-electron chi connectivity index (χ2n) is 4.00. The lowest BCUT2D eigenvalue weighted by molar-refractivity contribution is -0.387. The van der Waals surface area contributed by atoms with E-state index in [2.05, 4.69) is 5.32 Å². The molecule has 2 aromatic carbocycles. The van der Waals surface area contributed by atoms with Crippen molar-refractivity contribution in [3.8, 4) is 0 Å². The van der Waals surface area contributed by atoms with Gasteiger partial charge >= 0.3 is 5.69 Å². The van der Waals surface area contributed by atoms with E-state index in [-0.39, 0.29) is 16.3 Å². The fourth-order valence-electron chi connectivity index (χ4n) is 1.60. The Morgan fingerprint density at radius 2 is 2.00 bits per heavy atom. The minimum Gasteiger partial charge on any atom is -0.322 e. The summed E-state index contributed by atoms with van der Waals surface area (Å²) in [6, 6.07) is 8.01. The van der Waals surface area contributed by atoms with E-state index in [4.69, 9.17) is 11.6 Å². The van der Waals surface area contributed by atoms with Crippen LogP contribution in [0.4, 0.5) is 15.8 Å². The van der Waals surface area contributed by atoms with Crippen molar-refractivity contribution < 1.29 is 14.1 Å². The Kier molecular flexibility index (Phi) is 4.73. The van der Waals surface area contributed by atoms with Crippen LogP contribution < -0.4 is 5.32 Å². The van der Waals surface area contributed by atoms with Crippen LogP contribution in [0, 0.1) is 19.5 Å². The Morgan fingerprint density at radius 1 is 1.29 bits per heavy atom. The summed E-state index contributed by atoms with van der Waals surface area (Å²) in [7, 11) is 0. The van der Waals surface area contributed by atoms with E-state index in [1.54, 1.807) is 18.2 Å². The first-order valence-corrected chi connectivity index (χ1v) is 7.04. The summed E-state index contributed by atoms with van der Waals surface area (Å²) < 4.78 is 14.0. The third-order valence-corrected chi connectivity index (χ3v) is 3.57. The van der Waals surface area contributed by atoms with E-state index < -0.39 is 22.3 Å². The van der Waals surface area contributed by atoms with Crippen LogP contribution in [0.1, 0.15) is 10.4 Å². The van der Waals surface area contributed by atoms with Crippen LogP contribution in [-0.4, -0.2) is 10.8 Å². The Hall–Kier alpha value is -1.74. The molecule has 0 spiro atoms. The minimum atomic E-state index is -0.967. The first kappa shape index (κ1) is 15.6. The highest BCUT2D eigenvalue weighted by Crippen LogP contribution is 2.24. The SMILES string of the molecule is O=C(Nc1ccc(F)c([N+](=O)[O-])c1)c1cc(I)ccc1Cl. The molecule has 108 valence electrons. The molecule has 0 aromatic heterocycles. The van der Waals surface area contributed by atoms with Crippen molar-refractivity contribution in [2.75, 3.05) is 5.32 Å². The van der Waals surface area contributed by atoms with Crippen molar-refractivity contribution in [1.29, 1.82) is 0 Å². The van der Waals surface area contributed by atoms with Crippen LogP contribution >= 0.6 is 34.2 Å². The molecule has 0 heterocycles. The maximum atomic E-state index is 13.2. The van der Waals surface area contributed by atoms with E-state index in [1.807, 2.05) is 22.6 Å². The van der Waals surface area contributed by atoms with Crippen molar-refractivity contribution in [2.24, 2.45) is 0 Å². The highest BCUT2D eigenvalue weighted by Gasteiger charge is 2.17. The molecule has 2 rings (SSSR count). The minimum absolute atomic E-state index is 0.114. The van der Waals surface area contributed by atoms with Crippen molar-refractivity contribution in [3.63, 3.8) is 0 Å². The lowest BCUT2D eigenvalue weighted by atomic mass is 10.2. The maximum absolute atomic E-state index is 13.2. The van der Waals surface area contributed by atoms with E-state index >= 15 is 0 Å². The third-order valence-electron chi connectivity index (χ3n) is 2.57. The van der Waals surface area contributed by atoms with E-state index in [1.165, 1.54) is 6.07 Å². The maximum Gasteiger partial charge on any atom is 0.306 e. The number of nitro groups is 1. The number of nitrogens with one attached hydrogen (secondary N) is 1. The molecular weight excluding hydrogens is 414 g/mol. The van der Waals surface area contributed by atoms with Gasteiger partial charge in [-0.1, -0.05) is 11.6 Å². The number of carbonyl (C=O) groups excluding carboxylic acids is 1. The molecule has 0 aliphatic rings. The molecule has 0 radical (unpaired) electrons. The average molecular weight is 421 g/mol. The summed E-state index contributed by atoms with van der Waals surface area (Å²) in [5, 5.41) is 13.4. The zero-order valence-electron chi connectivity index (χ0n) is 10.3. The molecule has 0 aliphatic carbocycles. The van der Waals surface area contributed by atoms with Gasteiger partial charge in [0.25, 0.3) is 5.91 Å². The average Bonchev–Trinajstić information content (AvgIpc) is 2.43. The number of halogens is 3. The van der Waals surface area contributed by atoms with Gasteiger partial charge in [0.15, 0.2) is 0 Å². The van der Waals surface area contributed by atoms with Gasteiger partial charge in [-0.15, -0.1) is 0 Å². The number of amides is 1. The second-order valence-corrected chi connectivity index (χ2v) is 5.65. The number of rotatable bonds is 3. The fraction of sp³-hybridized carbons (Fsp3) is 0. The van der Waals surface area contributed by atoms with Gasteiger partial charge in [0, 0.05) is 15.3 Å². The summed E-state index contributed by atoms with van der Waals surface area (Å²) in [6.07, 6.45) is 0. The molecule has 0 saturated heterocycles. The smallest absolute Gasteiger partial charge is 0.306 e. The molecule has 21 heavy (non-hydrogen) atoms. The fourth-order valence-corrected chi connectivity index (χ4v) is 2.29. The molecule has 5 nitrogen and oxygen atoms in total. The summed E-state index contributed by atoms with van der Waals surface area (Å²) in [6.45, 7) is 0. The summed E-state index contributed by atoms with van der Waals surface area (Å²) >= 11 is 7.96. The molecule has 0 fully saturated rings. The number of carbonyl (C=O) groups is 1. The molecule has 0 saturated carbocycles. The van der Waals surface area contributed by atoms with Gasteiger partial charge in [0.1, 0.15) is 0 Å². The summed E-state index contributed by atoms with van der Waals surface area (Å²) in [5.41, 5.74) is -0.361. The number of hydrogen-bond acceptors (Lipinski definition) is 3. The van der Waals surface area contributed by atoms with Gasteiger partial charge in [-0.2, -0.15) is 4.39 Å². The quantitative estimate of drug-likeness (QED) is 0.458. The number of benzene rings is 2. The van der Waals surface area contributed by atoms with Crippen molar-refractivity contribution in [2.45, 2.75) is 0 Å². The monoisotopic (exact) mass is 420 g/mol. The van der Waals surface area contributed by atoms with Gasteiger partial charge in [0.05, 0.1) is 15.5 Å². The predicted octanol–water partition coefficient (Wildman–Crippen LogP) is 4.24. The van der Waals surface area contributed by atoms with Gasteiger partial charge in [-0.3, -0.25) is 14.9 Å². The number of anilines is 1. The second kappa shape index (κ2) is 6.35. The molecular formula is C13H7ClFIN2O3. The van der Waals surface area contributed by atoms with Crippen molar-refractivity contribution in [1.82, 2.24) is 0 Å². The van der Waals surface area contributed by atoms with Crippen LogP contribution in [0.3, 0.4) is 0 Å². The zero-order valence-corrected chi connectivity index (χ0v) is 13.2. The first-order chi connectivity index (χ1) is 9.88. The van der Waals surface area contributed by atoms with Gasteiger partial charge in [0.2, 0.25) is 5.82 Å². The molecule has 8 heteroatoms. The van der Waals surface area contributed by atoms with Crippen LogP contribution in [0.15, 0.2) is 36.4 Å². The molecule has 0 aliphatic heterocycles. The van der Waals surface area contributed by atoms with Crippen molar-refractivity contribution in [3.05, 3.63) is 66.5 Å². The Balaban J connectivity index is 2.29. The standard InChI is InChI=1S/C13H7ClFIN2O3/c14-10-3-1-7(16)5-9(10)13(19)17-8-2-4-11(15)12(6-8)18(20)21/h1-6H,(H,17,19). The van der Waals surface area contributed by atoms with Crippen LogP contribution in [-0.2, 0) is 0 Å². The normalized spacial score (nSPS) is 10.2. The Bertz CT molecular complexity index is 739.